The van der Waals surface area contributed by atoms with Crippen molar-refractivity contribution < 1.29 is 84.3 Å². The fourth-order valence-electron chi connectivity index (χ4n) is 2.47. The molecule has 0 fully saturated rings. The first-order valence-electron chi connectivity index (χ1n) is 10.4. The molecule has 1 unspecified atom stereocenters. The first kappa shape index (κ1) is 46.4. The van der Waals surface area contributed by atoms with E-state index in [9.17, 15) is 57.5 Å². The Morgan fingerprint density at radius 2 is 0.951 bits per heavy atom. The van der Waals surface area contributed by atoms with Crippen molar-refractivity contribution in [2.75, 3.05) is 13.2 Å². The van der Waals surface area contributed by atoms with Crippen molar-refractivity contribution in [3.8, 4) is 0 Å². The molecule has 2 aromatic carbocycles. The number of carbonyl (C=O) groups is 1. The van der Waals surface area contributed by atoms with Crippen LogP contribution in [-0.4, -0.2) is 47.7 Å². The molecular weight excluding hydrogens is 668 g/mol. The van der Waals surface area contributed by atoms with Gasteiger partial charge in [0, 0.05) is 18.8 Å². The molecule has 3 nitrogen and oxygen atoms in total. The van der Waals surface area contributed by atoms with E-state index in [1.807, 2.05) is 13.8 Å². The Morgan fingerprint density at radius 3 is 1.12 bits per heavy atom. The normalized spacial score (nSPS) is 12.1. The fourth-order valence-corrected chi connectivity index (χ4v) is 2.47. The van der Waals surface area contributed by atoms with E-state index in [1.54, 1.807) is 0 Å². The quantitative estimate of drug-likeness (QED) is 0.201. The van der Waals surface area contributed by atoms with Crippen LogP contribution in [0.3, 0.4) is 0 Å². The number of aldehydes is 1. The summed E-state index contributed by atoms with van der Waals surface area (Å²) in [5.41, 5.74) is -6.94. The van der Waals surface area contributed by atoms with Gasteiger partial charge in [-0.25, -0.2) is 0 Å². The second kappa shape index (κ2) is 18.9. The molecule has 0 bridgehead atoms. The predicted octanol–water partition coefficient (Wildman–Crippen LogP) is 5.43. The monoisotopic (exact) mass is 692 g/mol. The van der Waals surface area contributed by atoms with Gasteiger partial charge in [0.15, 0.2) is 0 Å². The summed E-state index contributed by atoms with van der Waals surface area (Å²) in [5.74, 6) is 0. The fraction of sp³-hybridized carbons (Fsp3) is 0.417. The standard InChI is InChI=1S/C10H8F6O.C9H4F6O.C4H10O.CH3.BrH.Mg/c1-5(17)6-2-7(9(11,12)13)4-8(3-6)10(14,15)16;10-8(11,12)6-1-5(4-16)2-7(3-6)9(13,14)15;1-3-5-4-2;;;/h2-5,17H,1H3;1-4H;3-4H2,1-2H3;1H3;1H;/q;;;-1;;+2/p-1. The Kier molecular flexibility index (Phi) is 21.3. The third-order valence-electron chi connectivity index (χ3n) is 4.25. The first-order chi connectivity index (χ1) is 17.1. The third-order valence-corrected chi connectivity index (χ3v) is 4.25. The summed E-state index contributed by atoms with van der Waals surface area (Å²) in [5, 5.41) is 9.07. The SMILES string of the molecule is CC(O)c1cc(C(F)(F)F)cc(C(F)(F)F)c1.CCOCC.O=Cc1cc(C(F)(F)F)cc(C(F)(F)F)c1.[Br-].[CH3-].[Mg+2]. The molecule has 1 N–H and O–H groups in total. The molecule has 232 valence electrons. The van der Waals surface area contributed by atoms with E-state index in [1.165, 1.54) is 0 Å². The number of alkyl halides is 12. The van der Waals surface area contributed by atoms with Crippen molar-refractivity contribution >= 4 is 29.3 Å². The van der Waals surface area contributed by atoms with Crippen molar-refractivity contribution in [2.45, 2.75) is 51.6 Å². The maximum Gasteiger partial charge on any atom is 2.00 e. The van der Waals surface area contributed by atoms with E-state index in [0.29, 0.717) is 24.3 Å². The zero-order valence-corrected chi connectivity index (χ0v) is 24.9. The minimum atomic E-state index is -4.92. The number of hydrogen-bond acceptors (Lipinski definition) is 3. The maximum absolute atomic E-state index is 12.4. The molecule has 0 spiro atoms. The molecule has 0 saturated heterocycles. The molecule has 0 radical (unpaired) electrons. The molecule has 17 heteroatoms. The van der Waals surface area contributed by atoms with Gasteiger partial charge in [-0.1, -0.05) is 0 Å². The summed E-state index contributed by atoms with van der Waals surface area (Å²) in [4.78, 5) is 10.2. The Bertz CT molecular complexity index is 968. The van der Waals surface area contributed by atoms with E-state index in [2.05, 4.69) is 0 Å². The number of carbonyl (C=O) groups excluding carboxylic acids is 1. The van der Waals surface area contributed by atoms with Gasteiger partial charge in [-0.15, -0.1) is 0 Å². The summed E-state index contributed by atoms with van der Waals surface area (Å²) in [6.07, 6.45) is -21.1. The minimum absolute atomic E-state index is 0. The summed E-state index contributed by atoms with van der Waals surface area (Å²) in [6.45, 7) is 6.76. The molecule has 0 aliphatic rings. The van der Waals surface area contributed by atoms with Crippen LogP contribution in [0.1, 0.15) is 65.1 Å². The van der Waals surface area contributed by atoms with Crippen LogP contribution in [0.2, 0.25) is 0 Å². The number of ether oxygens (including phenoxy) is 1. The van der Waals surface area contributed by atoms with Gasteiger partial charge < -0.3 is 34.3 Å². The molecular formula is C24H25BrF12MgO3. The predicted molar refractivity (Wildman–Crippen MR) is 123 cm³/mol. The van der Waals surface area contributed by atoms with Gasteiger partial charge in [-0.05, 0) is 62.7 Å². The van der Waals surface area contributed by atoms with Gasteiger partial charge in [0.1, 0.15) is 6.29 Å². The summed E-state index contributed by atoms with van der Waals surface area (Å²) < 4.78 is 152. The van der Waals surface area contributed by atoms with Crippen molar-refractivity contribution in [2.24, 2.45) is 0 Å². The molecule has 1 atom stereocenters. The van der Waals surface area contributed by atoms with Crippen LogP contribution in [0.5, 0.6) is 0 Å². The summed E-state index contributed by atoms with van der Waals surface area (Å²) in [6, 6.07) is 1.71. The van der Waals surface area contributed by atoms with E-state index < -0.39 is 64.2 Å². The van der Waals surface area contributed by atoms with Crippen LogP contribution in [-0.2, 0) is 29.4 Å². The molecule has 2 aromatic rings. The zero-order chi connectivity index (χ0) is 30.1. The van der Waals surface area contributed by atoms with Crippen LogP contribution < -0.4 is 17.0 Å². The van der Waals surface area contributed by atoms with Crippen LogP contribution >= 0.6 is 0 Å². The molecule has 0 amide bonds. The number of benzene rings is 2. The Balaban J connectivity index is -0.000000270. The van der Waals surface area contributed by atoms with Crippen molar-refractivity contribution in [1.29, 1.82) is 0 Å². The van der Waals surface area contributed by atoms with E-state index >= 15 is 0 Å². The summed E-state index contributed by atoms with van der Waals surface area (Å²) in [7, 11) is 0. The van der Waals surface area contributed by atoms with Crippen molar-refractivity contribution in [3.63, 3.8) is 0 Å². The third kappa shape index (κ3) is 17.2. The average Bonchev–Trinajstić information content (AvgIpc) is 2.77. The molecule has 0 aliphatic heterocycles. The zero-order valence-electron chi connectivity index (χ0n) is 21.9. The summed E-state index contributed by atoms with van der Waals surface area (Å²) >= 11 is 0. The van der Waals surface area contributed by atoms with Gasteiger partial charge in [0.2, 0.25) is 0 Å². The maximum atomic E-state index is 12.4. The number of aliphatic hydroxyl groups excluding tert-OH is 1. The Morgan fingerprint density at radius 1 is 0.683 bits per heavy atom. The van der Waals surface area contributed by atoms with Crippen molar-refractivity contribution in [3.05, 3.63) is 77.2 Å². The van der Waals surface area contributed by atoms with Gasteiger partial charge in [-0.2, -0.15) is 52.7 Å². The topological polar surface area (TPSA) is 46.5 Å². The number of halogens is 13. The molecule has 0 saturated carbocycles. The largest absolute Gasteiger partial charge is 2.00 e. The van der Waals surface area contributed by atoms with E-state index in [0.717, 1.165) is 20.1 Å². The first-order valence-corrected chi connectivity index (χ1v) is 10.4. The van der Waals surface area contributed by atoms with Crippen LogP contribution in [0, 0.1) is 7.43 Å². The van der Waals surface area contributed by atoms with Gasteiger partial charge in [0.05, 0.1) is 28.4 Å². The van der Waals surface area contributed by atoms with E-state index in [-0.39, 0.29) is 65.9 Å². The molecule has 0 heterocycles. The van der Waals surface area contributed by atoms with Crippen LogP contribution in [0.4, 0.5) is 52.7 Å². The minimum Gasteiger partial charge on any atom is -1.00 e. The number of rotatable bonds is 4. The molecule has 0 aromatic heterocycles. The van der Waals surface area contributed by atoms with Gasteiger partial charge in [-0.3, -0.25) is 4.79 Å². The van der Waals surface area contributed by atoms with Crippen LogP contribution in [0.15, 0.2) is 36.4 Å². The smallest absolute Gasteiger partial charge is 1.00 e. The second-order valence-corrected chi connectivity index (χ2v) is 7.25. The van der Waals surface area contributed by atoms with E-state index in [4.69, 9.17) is 9.84 Å². The van der Waals surface area contributed by atoms with Crippen molar-refractivity contribution in [1.82, 2.24) is 0 Å². The second-order valence-electron chi connectivity index (χ2n) is 7.25. The van der Waals surface area contributed by atoms with Gasteiger partial charge >= 0.3 is 47.8 Å². The number of aliphatic hydroxyl groups is 1. The Labute approximate surface area is 255 Å². The Hall–Kier alpha value is -1.56. The molecule has 0 aliphatic carbocycles. The van der Waals surface area contributed by atoms with Gasteiger partial charge in [0.25, 0.3) is 0 Å². The van der Waals surface area contributed by atoms with Crippen LogP contribution in [0.25, 0.3) is 0 Å². The molecule has 2 rings (SSSR count). The molecule has 41 heavy (non-hydrogen) atoms. The average molecular weight is 694 g/mol. The number of hydrogen-bond donors (Lipinski definition) is 1.